The minimum absolute atomic E-state index is 0.458. The zero-order valence-electron chi connectivity index (χ0n) is 8.89. The van der Waals surface area contributed by atoms with E-state index in [-0.39, 0.29) is 0 Å². The van der Waals surface area contributed by atoms with Gasteiger partial charge in [-0.15, -0.1) is 0 Å². The van der Waals surface area contributed by atoms with E-state index >= 15 is 0 Å². The van der Waals surface area contributed by atoms with Crippen molar-refractivity contribution in [3.05, 3.63) is 18.0 Å². The molecule has 0 spiro atoms. The number of carboxylic acids is 1. The predicted octanol–water partition coefficient (Wildman–Crippen LogP) is 2.19. The van der Waals surface area contributed by atoms with Crippen LogP contribution in [0.2, 0.25) is 0 Å². The lowest BCUT2D eigenvalue weighted by Gasteiger charge is -2.08. The Morgan fingerprint density at radius 3 is 2.87 bits per heavy atom. The topological polar surface area (TPSA) is 55.1 Å². The van der Waals surface area contributed by atoms with E-state index in [0.29, 0.717) is 6.04 Å². The van der Waals surface area contributed by atoms with Crippen molar-refractivity contribution in [2.75, 3.05) is 0 Å². The maximum absolute atomic E-state index is 10.8. The molecule has 0 saturated heterocycles. The number of aliphatic carboxylic acids is 1. The second kappa shape index (κ2) is 4.04. The maximum Gasteiger partial charge on any atom is 0.310 e. The molecule has 0 aromatic carbocycles. The summed E-state index contributed by atoms with van der Waals surface area (Å²) in [6.07, 6.45) is 8.42. The summed E-state index contributed by atoms with van der Waals surface area (Å²) in [5.74, 6) is -1.25. The first-order valence-corrected chi connectivity index (χ1v) is 5.45. The third-order valence-electron chi connectivity index (χ3n) is 3.19. The van der Waals surface area contributed by atoms with E-state index in [1.54, 1.807) is 13.1 Å². The van der Waals surface area contributed by atoms with Gasteiger partial charge in [-0.2, -0.15) is 5.10 Å². The molecule has 1 aliphatic rings. The van der Waals surface area contributed by atoms with Gasteiger partial charge in [-0.05, 0) is 19.8 Å². The minimum atomic E-state index is -0.791. The van der Waals surface area contributed by atoms with Gasteiger partial charge in [-0.3, -0.25) is 9.48 Å². The Morgan fingerprint density at radius 2 is 2.27 bits per heavy atom. The predicted molar refractivity (Wildman–Crippen MR) is 55.8 cm³/mol. The molecule has 82 valence electrons. The Balaban J connectivity index is 2.12. The largest absolute Gasteiger partial charge is 0.481 e. The normalized spacial score (nSPS) is 19.3. The molecule has 1 aliphatic carbocycles. The van der Waals surface area contributed by atoms with Gasteiger partial charge < -0.3 is 5.11 Å². The zero-order chi connectivity index (χ0) is 10.8. The summed E-state index contributed by atoms with van der Waals surface area (Å²) in [6, 6.07) is 0.486. The minimum Gasteiger partial charge on any atom is -0.481 e. The number of hydrogen-bond donors (Lipinski definition) is 1. The summed E-state index contributed by atoms with van der Waals surface area (Å²) < 4.78 is 1.93. The third-order valence-corrected chi connectivity index (χ3v) is 3.19. The molecule has 15 heavy (non-hydrogen) atoms. The Kier molecular flexibility index (Phi) is 2.75. The smallest absolute Gasteiger partial charge is 0.310 e. The molecule has 1 aromatic heterocycles. The van der Waals surface area contributed by atoms with E-state index in [1.165, 1.54) is 25.7 Å². The molecular formula is C11H16N2O2. The molecule has 1 N–H and O–H groups in total. The molecule has 1 saturated carbocycles. The molecule has 1 heterocycles. The Morgan fingerprint density at radius 1 is 1.60 bits per heavy atom. The average molecular weight is 208 g/mol. The van der Waals surface area contributed by atoms with Crippen LogP contribution in [0.4, 0.5) is 0 Å². The Labute approximate surface area is 88.9 Å². The first-order valence-electron chi connectivity index (χ1n) is 5.45. The van der Waals surface area contributed by atoms with Gasteiger partial charge in [-0.1, -0.05) is 12.8 Å². The highest BCUT2D eigenvalue weighted by Crippen LogP contribution is 2.29. The van der Waals surface area contributed by atoms with E-state index in [1.807, 2.05) is 10.9 Å². The summed E-state index contributed by atoms with van der Waals surface area (Å²) in [5.41, 5.74) is 0.800. The quantitative estimate of drug-likeness (QED) is 0.828. The molecule has 0 amide bonds. The lowest BCUT2D eigenvalue weighted by molar-refractivity contribution is -0.138. The monoisotopic (exact) mass is 208 g/mol. The summed E-state index contributed by atoms with van der Waals surface area (Å²) >= 11 is 0. The second-order valence-corrected chi connectivity index (χ2v) is 4.25. The van der Waals surface area contributed by atoms with Gasteiger partial charge in [0.25, 0.3) is 0 Å². The molecule has 4 heteroatoms. The van der Waals surface area contributed by atoms with Crippen molar-refractivity contribution in [1.29, 1.82) is 0 Å². The van der Waals surface area contributed by atoms with Gasteiger partial charge in [0.05, 0.1) is 18.2 Å². The summed E-state index contributed by atoms with van der Waals surface area (Å²) in [6.45, 7) is 1.69. The molecular weight excluding hydrogens is 192 g/mol. The lowest BCUT2D eigenvalue weighted by Crippen LogP contribution is -2.07. The highest BCUT2D eigenvalue weighted by atomic mass is 16.4. The Hall–Kier alpha value is -1.32. The maximum atomic E-state index is 10.8. The SMILES string of the molecule is CC(C(=O)O)c1cnn(C2CCCC2)c1. The van der Waals surface area contributed by atoms with Gasteiger partial charge >= 0.3 is 5.97 Å². The van der Waals surface area contributed by atoms with Gasteiger partial charge in [0.2, 0.25) is 0 Å². The van der Waals surface area contributed by atoms with Crippen LogP contribution in [-0.4, -0.2) is 20.9 Å². The number of hydrogen-bond acceptors (Lipinski definition) is 2. The number of aromatic nitrogens is 2. The van der Waals surface area contributed by atoms with Crippen molar-refractivity contribution in [1.82, 2.24) is 9.78 Å². The van der Waals surface area contributed by atoms with E-state index in [9.17, 15) is 4.79 Å². The van der Waals surface area contributed by atoms with Crippen LogP contribution in [0, 0.1) is 0 Å². The Bertz CT molecular complexity index is 353. The van der Waals surface area contributed by atoms with Gasteiger partial charge in [0.15, 0.2) is 0 Å². The second-order valence-electron chi connectivity index (χ2n) is 4.25. The standard InChI is InChI=1S/C11H16N2O2/c1-8(11(14)15)9-6-12-13(7-9)10-4-2-3-5-10/h6-8,10H,2-5H2,1H3,(H,14,15). The summed E-state index contributed by atoms with van der Waals surface area (Å²) in [7, 11) is 0. The highest BCUT2D eigenvalue weighted by Gasteiger charge is 2.20. The van der Waals surface area contributed by atoms with Crippen LogP contribution in [-0.2, 0) is 4.79 Å². The molecule has 0 radical (unpaired) electrons. The fourth-order valence-corrected chi connectivity index (χ4v) is 2.09. The summed E-state index contributed by atoms with van der Waals surface area (Å²) in [5, 5.41) is 13.1. The zero-order valence-corrected chi connectivity index (χ0v) is 8.89. The van der Waals surface area contributed by atoms with Gasteiger partial charge in [0.1, 0.15) is 0 Å². The van der Waals surface area contributed by atoms with Crippen LogP contribution in [0.15, 0.2) is 12.4 Å². The van der Waals surface area contributed by atoms with E-state index in [0.717, 1.165) is 5.56 Å². The van der Waals surface area contributed by atoms with E-state index < -0.39 is 11.9 Å². The van der Waals surface area contributed by atoms with Crippen molar-refractivity contribution >= 4 is 5.97 Å². The van der Waals surface area contributed by atoms with Crippen LogP contribution < -0.4 is 0 Å². The fourth-order valence-electron chi connectivity index (χ4n) is 2.09. The van der Waals surface area contributed by atoms with Crippen molar-refractivity contribution in [3.8, 4) is 0 Å². The first-order chi connectivity index (χ1) is 7.18. The molecule has 0 aliphatic heterocycles. The lowest BCUT2D eigenvalue weighted by atomic mass is 10.1. The van der Waals surface area contributed by atoms with Crippen LogP contribution in [0.25, 0.3) is 0 Å². The molecule has 0 bridgehead atoms. The van der Waals surface area contributed by atoms with E-state index in [4.69, 9.17) is 5.11 Å². The molecule has 1 unspecified atom stereocenters. The first kappa shape index (κ1) is 10.2. The average Bonchev–Trinajstić information content (AvgIpc) is 2.86. The van der Waals surface area contributed by atoms with Crippen LogP contribution in [0.3, 0.4) is 0 Å². The van der Waals surface area contributed by atoms with Gasteiger partial charge in [0, 0.05) is 11.8 Å². The fraction of sp³-hybridized carbons (Fsp3) is 0.636. The third kappa shape index (κ3) is 2.03. The van der Waals surface area contributed by atoms with Crippen LogP contribution in [0.5, 0.6) is 0 Å². The van der Waals surface area contributed by atoms with Crippen LogP contribution >= 0.6 is 0 Å². The highest BCUT2D eigenvalue weighted by molar-refractivity contribution is 5.75. The molecule has 1 atom stereocenters. The van der Waals surface area contributed by atoms with Crippen molar-refractivity contribution in [2.45, 2.75) is 44.6 Å². The number of rotatable bonds is 3. The number of carboxylic acid groups (broad SMARTS) is 1. The van der Waals surface area contributed by atoms with Crippen molar-refractivity contribution < 1.29 is 9.90 Å². The van der Waals surface area contributed by atoms with Crippen molar-refractivity contribution in [2.24, 2.45) is 0 Å². The van der Waals surface area contributed by atoms with Gasteiger partial charge in [-0.25, -0.2) is 0 Å². The van der Waals surface area contributed by atoms with Crippen LogP contribution in [0.1, 0.15) is 50.1 Å². The van der Waals surface area contributed by atoms with Crippen molar-refractivity contribution in [3.63, 3.8) is 0 Å². The van der Waals surface area contributed by atoms with E-state index in [2.05, 4.69) is 5.10 Å². The summed E-state index contributed by atoms with van der Waals surface area (Å²) in [4.78, 5) is 10.8. The molecule has 1 fully saturated rings. The molecule has 2 rings (SSSR count). The number of carbonyl (C=O) groups is 1. The molecule has 1 aromatic rings. The number of nitrogens with zero attached hydrogens (tertiary/aromatic N) is 2. The molecule has 4 nitrogen and oxygen atoms in total.